The predicted molar refractivity (Wildman–Crippen MR) is 129 cm³/mol. The van der Waals surface area contributed by atoms with Crippen molar-refractivity contribution in [2.24, 2.45) is 28.4 Å². The van der Waals surface area contributed by atoms with E-state index < -0.39 is 0 Å². The van der Waals surface area contributed by atoms with Crippen LogP contribution in [0.5, 0.6) is 0 Å². The fraction of sp³-hybridized carbons (Fsp3) is 0.846. The number of hydrogen-bond donors (Lipinski definition) is 4. The molecule has 4 rings (SSSR count). The fourth-order valence-corrected chi connectivity index (χ4v) is 7.54. The number of allylic oxidation sites excluding steroid dienone is 3. The monoisotopic (exact) mass is 430 g/mol. The van der Waals surface area contributed by atoms with E-state index in [2.05, 4.69) is 69.4 Å². The van der Waals surface area contributed by atoms with Crippen molar-refractivity contribution in [1.29, 1.82) is 0 Å². The summed E-state index contributed by atoms with van der Waals surface area (Å²) in [6, 6.07) is 0.421. The van der Waals surface area contributed by atoms with Crippen LogP contribution in [0.25, 0.3) is 0 Å². The SMILES string of the molecule is CC(=CCN1C[NH+](C)C2C(N)NCNC21)CC[C@]1(C)[C@H]2CCC=C(C)[C@@]2(C)CC[C@@H]1C. The fourth-order valence-electron chi connectivity index (χ4n) is 7.54. The first-order chi connectivity index (χ1) is 14.7. The van der Waals surface area contributed by atoms with Gasteiger partial charge in [0.15, 0.2) is 0 Å². The average Bonchev–Trinajstić information content (AvgIpc) is 3.07. The molecule has 0 aromatic rings. The quantitative estimate of drug-likeness (QED) is 0.506. The van der Waals surface area contributed by atoms with Crippen molar-refractivity contribution in [1.82, 2.24) is 15.5 Å². The second-order valence-corrected chi connectivity index (χ2v) is 11.8. The second-order valence-electron chi connectivity index (χ2n) is 11.8. The van der Waals surface area contributed by atoms with Gasteiger partial charge >= 0.3 is 0 Å². The number of likely N-dealkylation sites (N-methyl/N-ethyl adjacent to an activating group) is 1. The maximum Gasteiger partial charge on any atom is 0.146 e. The van der Waals surface area contributed by atoms with E-state index in [1.165, 1.54) is 43.4 Å². The van der Waals surface area contributed by atoms with E-state index in [1.54, 1.807) is 11.1 Å². The van der Waals surface area contributed by atoms with E-state index in [0.29, 0.717) is 23.0 Å². The summed E-state index contributed by atoms with van der Waals surface area (Å²) >= 11 is 0. The van der Waals surface area contributed by atoms with Crippen LogP contribution < -0.4 is 21.3 Å². The van der Waals surface area contributed by atoms with Gasteiger partial charge in [0, 0.05) is 13.2 Å². The van der Waals surface area contributed by atoms with E-state index in [4.69, 9.17) is 5.73 Å². The molecular formula is C26H48N5+. The third kappa shape index (κ3) is 4.17. The lowest BCUT2D eigenvalue weighted by Crippen LogP contribution is -3.14. The minimum Gasteiger partial charge on any atom is -0.318 e. The number of nitrogens with zero attached hydrogens (tertiary/aromatic N) is 1. The van der Waals surface area contributed by atoms with Crippen molar-refractivity contribution >= 4 is 0 Å². The Bertz CT molecular complexity index is 717. The van der Waals surface area contributed by atoms with Crippen LogP contribution >= 0.6 is 0 Å². The zero-order valence-corrected chi connectivity index (χ0v) is 20.9. The van der Waals surface area contributed by atoms with Gasteiger partial charge in [-0.1, -0.05) is 44.1 Å². The van der Waals surface area contributed by atoms with Gasteiger partial charge in [-0.2, -0.15) is 0 Å². The molecule has 0 aromatic heterocycles. The molecule has 2 heterocycles. The van der Waals surface area contributed by atoms with Crippen molar-refractivity contribution in [3.63, 3.8) is 0 Å². The molecule has 0 aromatic carbocycles. The molecular weight excluding hydrogens is 382 g/mol. The Morgan fingerprint density at radius 1 is 1.32 bits per heavy atom. The molecule has 31 heavy (non-hydrogen) atoms. The standard InChI is InChI=1S/C26H47N5/c1-18(12-15-31-17-30(6)22-23(27)28-16-29-24(22)31)10-13-25(4)20(3)11-14-26(5)19(2)8-7-9-21(25)26/h8,12,20-24,28-29H,7,9-11,13-17,27H2,1-6H3/p+1/t20-,21+,22?,23?,24?,25-,26+/m0/s1. The Morgan fingerprint density at radius 2 is 2.10 bits per heavy atom. The highest BCUT2D eigenvalue weighted by molar-refractivity contribution is 5.21. The van der Waals surface area contributed by atoms with Crippen LogP contribution in [0.3, 0.4) is 0 Å². The lowest BCUT2D eigenvalue weighted by atomic mass is 9.47. The Balaban J connectivity index is 1.39. The molecule has 5 heteroatoms. The van der Waals surface area contributed by atoms with Crippen LogP contribution in [0, 0.1) is 22.7 Å². The highest BCUT2D eigenvalue weighted by atomic mass is 15.5. The Morgan fingerprint density at radius 3 is 2.87 bits per heavy atom. The molecule has 0 radical (unpaired) electrons. The normalized spacial score (nSPS) is 46.4. The van der Waals surface area contributed by atoms with Gasteiger partial charge in [0.1, 0.15) is 25.0 Å². The summed E-state index contributed by atoms with van der Waals surface area (Å²) < 4.78 is 0. The molecule has 5 N–H and O–H groups in total. The van der Waals surface area contributed by atoms with Gasteiger partial charge in [-0.05, 0) is 75.0 Å². The summed E-state index contributed by atoms with van der Waals surface area (Å²) in [5, 5.41) is 6.99. The molecule has 2 aliphatic carbocycles. The summed E-state index contributed by atoms with van der Waals surface area (Å²) in [7, 11) is 2.27. The van der Waals surface area contributed by atoms with Crippen LogP contribution in [0.15, 0.2) is 23.3 Å². The smallest absolute Gasteiger partial charge is 0.146 e. The number of nitrogens with two attached hydrogens (primary N) is 1. The molecule has 3 fully saturated rings. The Kier molecular flexibility index (Phi) is 6.73. The first kappa shape index (κ1) is 23.4. The molecule has 2 saturated heterocycles. The topological polar surface area (TPSA) is 57.8 Å². The molecule has 5 nitrogen and oxygen atoms in total. The third-order valence-corrected chi connectivity index (χ3v) is 10.1. The molecule has 4 aliphatic rings. The van der Waals surface area contributed by atoms with Gasteiger partial charge in [-0.15, -0.1) is 0 Å². The molecule has 2 aliphatic heterocycles. The van der Waals surface area contributed by atoms with Gasteiger partial charge < -0.3 is 10.6 Å². The van der Waals surface area contributed by atoms with Crippen LogP contribution in [-0.2, 0) is 0 Å². The van der Waals surface area contributed by atoms with Gasteiger partial charge in [-0.25, -0.2) is 4.90 Å². The van der Waals surface area contributed by atoms with Gasteiger partial charge in [0.2, 0.25) is 0 Å². The summed E-state index contributed by atoms with van der Waals surface area (Å²) in [5.74, 6) is 1.65. The first-order valence-electron chi connectivity index (χ1n) is 12.8. The number of rotatable bonds is 5. The lowest BCUT2D eigenvalue weighted by Gasteiger charge is -2.58. The second kappa shape index (κ2) is 8.90. The molecule has 0 amide bonds. The van der Waals surface area contributed by atoms with Crippen molar-refractivity contribution in [2.75, 3.05) is 26.9 Å². The average molecular weight is 431 g/mol. The van der Waals surface area contributed by atoms with Crippen LogP contribution in [0.2, 0.25) is 0 Å². The highest BCUT2D eigenvalue weighted by Crippen LogP contribution is 2.61. The highest BCUT2D eigenvalue weighted by Gasteiger charge is 2.53. The van der Waals surface area contributed by atoms with Gasteiger partial charge in [0.25, 0.3) is 0 Å². The van der Waals surface area contributed by atoms with E-state index in [9.17, 15) is 0 Å². The number of quaternary nitrogens is 1. The summed E-state index contributed by atoms with van der Waals surface area (Å²) in [6.07, 6.45) is 13.5. The number of nitrogens with one attached hydrogen (secondary N) is 3. The minimum atomic E-state index is 0.0800. The third-order valence-electron chi connectivity index (χ3n) is 10.1. The molecule has 176 valence electrons. The summed E-state index contributed by atoms with van der Waals surface area (Å²) in [5.41, 5.74) is 10.4. The van der Waals surface area contributed by atoms with Crippen LogP contribution in [0.1, 0.15) is 73.1 Å². The zero-order chi connectivity index (χ0) is 22.4. The Labute approximate surface area is 190 Å². The first-order valence-corrected chi connectivity index (χ1v) is 12.8. The molecule has 8 atom stereocenters. The van der Waals surface area contributed by atoms with Crippen LogP contribution in [0.4, 0.5) is 0 Å². The molecule has 1 saturated carbocycles. The minimum absolute atomic E-state index is 0.0800. The van der Waals surface area contributed by atoms with E-state index in [1.807, 2.05) is 0 Å². The molecule has 4 unspecified atom stereocenters. The maximum absolute atomic E-state index is 6.34. The molecule has 0 spiro atoms. The lowest BCUT2D eigenvalue weighted by molar-refractivity contribution is -0.899. The van der Waals surface area contributed by atoms with E-state index in [-0.39, 0.29) is 6.17 Å². The van der Waals surface area contributed by atoms with E-state index >= 15 is 0 Å². The number of fused-ring (bicyclic) bond motifs is 2. The zero-order valence-electron chi connectivity index (χ0n) is 20.9. The molecule has 0 bridgehead atoms. The van der Waals surface area contributed by atoms with Crippen molar-refractivity contribution in [3.8, 4) is 0 Å². The van der Waals surface area contributed by atoms with Gasteiger partial charge in [-0.3, -0.25) is 10.6 Å². The van der Waals surface area contributed by atoms with Gasteiger partial charge in [0.05, 0.1) is 7.05 Å². The largest absolute Gasteiger partial charge is 0.318 e. The predicted octanol–water partition coefficient (Wildman–Crippen LogP) is 2.43. The van der Waals surface area contributed by atoms with E-state index in [0.717, 1.165) is 31.7 Å². The Hall–Kier alpha value is -0.720. The van der Waals surface area contributed by atoms with Crippen molar-refractivity contribution in [3.05, 3.63) is 23.3 Å². The maximum atomic E-state index is 6.34. The number of hydrogen-bond acceptors (Lipinski definition) is 4. The van der Waals surface area contributed by atoms with Crippen LogP contribution in [-0.4, -0.2) is 50.2 Å². The summed E-state index contributed by atoms with van der Waals surface area (Å²) in [6.45, 7) is 15.4. The van der Waals surface area contributed by atoms with Crippen molar-refractivity contribution < 1.29 is 4.90 Å². The van der Waals surface area contributed by atoms with Crippen molar-refractivity contribution in [2.45, 2.75) is 91.5 Å². The summed E-state index contributed by atoms with van der Waals surface area (Å²) in [4.78, 5) is 4.08.